The molecule has 30 heavy (non-hydrogen) atoms. The van der Waals surface area contributed by atoms with Gasteiger partial charge in [-0.25, -0.2) is 9.97 Å². The Morgan fingerprint density at radius 3 is 2.23 bits per heavy atom. The van der Waals surface area contributed by atoms with Crippen molar-refractivity contribution < 1.29 is 18.0 Å². The van der Waals surface area contributed by atoms with Gasteiger partial charge in [0, 0.05) is 29.6 Å². The molecule has 0 aliphatic rings. The van der Waals surface area contributed by atoms with Gasteiger partial charge in [0.05, 0.1) is 12.1 Å². The number of nitrogens with zero attached hydrogens (tertiary/aromatic N) is 3. The summed E-state index contributed by atoms with van der Waals surface area (Å²) in [5.74, 6) is 0.596. The summed E-state index contributed by atoms with van der Waals surface area (Å²) >= 11 is 0. The molecule has 0 spiro atoms. The number of aromatic nitrogens is 2. The van der Waals surface area contributed by atoms with Gasteiger partial charge in [0.2, 0.25) is 5.91 Å². The Kier molecular flexibility index (Phi) is 6.05. The molecule has 3 aromatic rings. The first-order chi connectivity index (χ1) is 14.2. The molecule has 1 amide bonds. The van der Waals surface area contributed by atoms with Gasteiger partial charge in [0.25, 0.3) is 0 Å². The van der Waals surface area contributed by atoms with E-state index >= 15 is 0 Å². The van der Waals surface area contributed by atoms with Crippen LogP contribution in [0.25, 0.3) is 11.4 Å². The second-order valence-corrected chi connectivity index (χ2v) is 6.82. The largest absolute Gasteiger partial charge is 0.416 e. The molecule has 1 heterocycles. The van der Waals surface area contributed by atoms with Crippen LogP contribution in [0.5, 0.6) is 0 Å². The summed E-state index contributed by atoms with van der Waals surface area (Å²) < 4.78 is 38.4. The van der Waals surface area contributed by atoms with Gasteiger partial charge in [-0.3, -0.25) is 4.79 Å². The number of aryl methyl sites for hydroxylation is 1. The van der Waals surface area contributed by atoms with Crippen LogP contribution < -0.4 is 10.2 Å². The summed E-state index contributed by atoms with van der Waals surface area (Å²) in [5, 5.41) is 3.03. The first kappa shape index (κ1) is 21.3. The zero-order valence-electron chi connectivity index (χ0n) is 16.8. The number of likely N-dealkylation sites (N-methyl/N-ethyl adjacent to an activating group) is 1. The van der Waals surface area contributed by atoms with Gasteiger partial charge in [-0.05, 0) is 38.1 Å². The second-order valence-electron chi connectivity index (χ2n) is 6.82. The Balaban J connectivity index is 1.79. The Morgan fingerprint density at radius 1 is 1.00 bits per heavy atom. The molecule has 0 fully saturated rings. The number of carbonyl (C=O) groups excluding carboxylic acids is 1. The first-order valence-electron chi connectivity index (χ1n) is 9.25. The number of amides is 1. The van der Waals surface area contributed by atoms with Crippen LogP contribution in [0.3, 0.4) is 0 Å². The molecule has 1 aromatic heterocycles. The van der Waals surface area contributed by atoms with Crippen molar-refractivity contribution in [3.63, 3.8) is 0 Å². The molecule has 0 radical (unpaired) electrons. The summed E-state index contributed by atoms with van der Waals surface area (Å²) in [6.45, 7) is 3.61. The number of carbonyl (C=O) groups is 1. The summed E-state index contributed by atoms with van der Waals surface area (Å²) in [6.07, 6.45) is -4.40. The number of alkyl halides is 3. The molecule has 8 heteroatoms. The van der Waals surface area contributed by atoms with E-state index in [0.29, 0.717) is 17.1 Å². The van der Waals surface area contributed by atoms with Crippen molar-refractivity contribution >= 4 is 17.4 Å². The highest BCUT2D eigenvalue weighted by Crippen LogP contribution is 2.31. The maximum atomic E-state index is 12.8. The predicted molar refractivity (Wildman–Crippen MR) is 110 cm³/mol. The highest BCUT2D eigenvalue weighted by atomic mass is 19.4. The lowest BCUT2D eigenvalue weighted by atomic mass is 10.1. The van der Waals surface area contributed by atoms with E-state index in [1.807, 2.05) is 37.3 Å². The number of anilines is 2. The standard InChI is InChI=1S/C22H21F3N4O/c1-14-15(2)27-21(16-9-11-17(12-10-16)22(23,24)25)28-20(14)26-13-19(30)29(3)18-7-5-4-6-8-18/h4-12H,13H2,1-3H3,(H,26,27,28). The van der Waals surface area contributed by atoms with Gasteiger partial charge >= 0.3 is 6.18 Å². The fourth-order valence-electron chi connectivity index (χ4n) is 2.81. The van der Waals surface area contributed by atoms with Crippen molar-refractivity contribution in [3.8, 4) is 11.4 Å². The van der Waals surface area contributed by atoms with E-state index in [1.54, 1.807) is 14.0 Å². The fourth-order valence-corrected chi connectivity index (χ4v) is 2.81. The molecule has 0 saturated heterocycles. The van der Waals surface area contributed by atoms with Crippen LogP contribution in [-0.2, 0) is 11.0 Å². The smallest absolute Gasteiger partial charge is 0.361 e. The van der Waals surface area contributed by atoms with Crippen LogP contribution in [0.2, 0.25) is 0 Å². The number of hydrogen-bond acceptors (Lipinski definition) is 4. The second kappa shape index (κ2) is 8.52. The van der Waals surface area contributed by atoms with Crippen molar-refractivity contribution in [2.24, 2.45) is 0 Å². The van der Waals surface area contributed by atoms with Crippen LogP contribution >= 0.6 is 0 Å². The quantitative estimate of drug-likeness (QED) is 0.648. The maximum absolute atomic E-state index is 12.8. The van der Waals surface area contributed by atoms with Crippen LogP contribution in [0.15, 0.2) is 54.6 Å². The summed E-state index contributed by atoms with van der Waals surface area (Å²) in [6, 6.07) is 13.9. The van der Waals surface area contributed by atoms with Gasteiger partial charge in [0.1, 0.15) is 5.82 Å². The fraction of sp³-hybridized carbons (Fsp3) is 0.227. The van der Waals surface area contributed by atoms with Crippen molar-refractivity contribution in [1.29, 1.82) is 0 Å². The minimum atomic E-state index is -4.40. The van der Waals surface area contributed by atoms with Crippen LogP contribution in [-0.4, -0.2) is 29.5 Å². The van der Waals surface area contributed by atoms with Crippen LogP contribution in [0.1, 0.15) is 16.8 Å². The molecule has 0 aliphatic carbocycles. The molecular weight excluding hydrogens is 393 g/mol. The Labute approximate surface area is 172 Å². The Morgan fingerprint density at radius 2 is 1.63 bits per heavy atom. The van der Waals surface area contributed by atoms with E-state index in [2.05, 4.69) is 15.3 Å². The number of benzene rings is 2. The first-order valence-corrected chi connectivity index (χ1v) is 9.25. The van der Waals surface area contributed by atoms with Gasteiger partial charge in [-0.2, -0.15) is 13.2 Å². The zero-order valence-corrected chi connectivity index (χ0v) is 16.8. The molecule has 0 atom stereocenters. The molecule has 5 nitrogen and oxygen atoms in total. The van der Waals surface area contributed by atoms with E-state index in [4.69, 9.17) is 0 Å². The number of rotatable bonds is 5. The van der Waals surface area contributed by atoms with Gasteiger partial charge < -0.3 is 10.2 Å². The Hall–Kier alpha value is -3.42. The van der Waals surface area contributed by atoms with E-state index < -0.39 is 11.7 Å². The average Bonchev–Trinajstić information content (AvgIpc) is 2.74. The maximum Gasteiger partial charge on any atom is 0.416 e. The number of nitrogens with one attached hydrogen (secondary N) is 1. The number of para-hydroxylation sites is 1. The highest BCUT2D eigenvalue weighted by molar-refractivity contribution is 5.95. The molecule has 0 unspecified atom stereocenters. The van der Waals surface area contributed by atoms with Gasteiger partial charge in [0.15, 0.2) is 5.82 Å². The average molecular weight is 414 g/mol. The normalized spacial score (nSPS) is 11.3. The molecule has 0 saturated carbocycles. The van der Waals surface area contributed by atoms with Gasteiger partial charge in [-0.1, -0.05) is 30.3 Å². The molecule has 1 N–H and O–H groups in total. The molecule has 156 valence electrons. The minimum absolute atomic E-state index is 0.00907. The van der Waals surface area contributed by atoms with Crippen LogP contribution in [0.4, 0.5) is 24.7 Å². The van der Waals surface area contributed by atoms with E-state index in [1.165, 1.54) is 17.0 Å². The summed E-state index contributed by atoms with van der Waals surface area (Å²) in [7, 11) is 1.69. The monoisotopic (exact) mass is 414 g/mol. The molecule has 0 aliphatic heterocycles. The third kappa shape index (κ3) is 4.76. The topological polar surface area (TPSA) is 58.1 Å². The van der Waals surface area contributed by atoms with E-state index in [-0.39, 0.29) is 18.3 Å². The van der Waals surface area contributed by atoms with Gasteiger partial charge in [-0.15, -0.1) is 0 Å². The van der Waals surface area contributed by atoms with Crippen molar-refractivity contribution in [2.45, 2.75) is 20.0 Å². The zero-order chi connectivity index (χ0) is 21.9. The Bertz CT molecular complexity index is 1030. The third-order valence-corrected chi connectivity index (χ3v) is 4.78. The molecule has 3 rings (SSSR count). The SMILES string of the molecule is Cc1nc(-c2ccc(C(F)(F)F)cc2)nc(NCC(=O)N(C)c2ccccc2)c1C. The van der Waals surface area contributed by atoms with Crippen LogP contribution in [0, 0.1) is 13.8 Å². The third-order valence-electron chi connectivity index (χ3n) is 4.78. The van der Waals surface area contributed by atoms with E-state index in [9.17, 15) is 18.0 Å². The number of hydrogen-bond donors (Lipinski definition) is 1. The van der Waals surface area contributed by atoms with Crippen molar-refractivity contribution in [2.75, 3.05) is 23.8 Å². The lowest BCUT2D eigenvalue weighted by Crippen LogP contribution is -2.32. The van der Waals surface area contributed by atoms with Crippen molar-refractivity contribution in [3.05, 3.63) is 71.4 Å². The molecular formula is C22H21F3N4O. The summed E-state index contributed by atoms with van der Waals surface area (Å²) in [4.78, 5) is 22.9. The lowest BCUT2D eigenvalue weighted by Gasteiger charge is -2.18. The van der Waals surface area contributed by atoms with Crippen molar-refractivity contribution in [1.82, 2.24) is 9.97 Å². The minimum Gasteiger partial charge on any atom is -0.361 e. The highest BCUT2D eigenvalue weighted by Gasteiger charge is 2.30. The molecule has 0 bridgehead atoms. The summed E-state index contributed by atoms with van der Waals surface area (Å²) in [5.41, 5.74) is 1.93. The lowest BCUT2D eigenvalue weighted by molar-refractivity contribution is -0.137. The van der Waals surface area contributed by atoms with E-state index in [0.717, 1.165) is 23.4 Å². The predicted octanol–water partition coefficient (Wildman–Crippen LogP) is 4.85. The molecule has 2 aromatic carbocycles. The number of halogens is 3.